The van der Waals surface area contributed by atoms with E-state index in [1.54, 1.807) is 32.9 Å². The van der Waals surface area contributed by atoms with Gasteiger partial charge in [-0.05, 0) is 44.0 Å². The Balaban J connectivity index is 2.29. The minimum Gasteiger partial charge on any atom is -0.480 e. The number of nitrogens with one attached hydrogen (secondary N) is 1. The zero-order valence-electron chi connectivity index (χ0n) is 21.3. The van der Waals surface area contributed by atoms with Crippen LogP contribution in [0.2, 0.25) is 0 Å². The first-order chi connectivity index (χ1) is 18.0. The molecule has 0 bridgehead atoms. The van der Waals surface area contributed by atoms with E-state index < -0.39 is 42.3 Å². The Kier molecular flexibility index (Phi) is 11.6. The molecule has 0 unspecified atom stereocenters. The minimum absolute atomic E-state index is 0.00388. The molecule has 0 aliphatic heterocycles. The van der Waals surface area contributed by atoms with Crippen LogP contribution in [0.4, 0.5) is 5.69 Å². The summed E-state index contributed by atoms with van der Waals surface area (Å²) in [6.07, 6.45) is -0.387. The second-order valence-corrected chi connectivity index (χ2v) is 10.1. The SMILES string of the molecule is CCOC(=O)C[C@H](c1ccc([N+](=O)[O-])cc1)[C@@H](NC(=O)c1ccc(CP(=O)(OCC)OCC)cc1)C(=O)O. The lowest BCUT2D eigenvalue weighted by molar-refractivity contribution is -0.384. The summed E-state index contributed by atoms with van der Waals surface area (Å²) >= 11 is 0. The van der Waals surface area contributed by atoms with E-state index in [0.717, 1.165) is 0 Å². The van der Waals surface area contributed by atoms with Crippen molar-refractivity contribution in [3.63, 3.8) is 0 Å². The van der Waals surface area contributed by atoms with Crippen LogP contribution < -0.4 is 5.32 Å². The number of carboxylic acid groups (broad SMARTS) is 1. The van der Waals surface area contributed by atoms with Crippen LogP contribution in [0.25, 0.3) is 0 Å². The molecule has 0 aliphatic rings. The van der Waals surface area contributed by atoms with Gasteiger partial charge in [-0.15, -0.1) is 0 Å². The van der Waals surface area contributed by atoms with Gasteiger partial charge in [0, 0.05) is 23.6 Å². The van der Waals surface area contributed by atoms with Gasteiger partial charge in [-0.25, -0.2) is 4.79 Å². The molecule has 2 aromatic rings. The summed E-state index contributed by atoms with van der Waals surface area (Å²) in [5.41, 5.74) is 0.807. The van der Waals surface area contributed by atoms with E-state index >= 15 is 0 Å². The summed E-state index contributed by atoms with van der Waals surface area (Å²) in [5.74, 6) is -3.89. The number of carbonyl (C=O) groups is 3. The number of nitro groups is 1. The zero-order chi connectivity index (χ0) is 28.3. The van der Waals surface area contributed by atoms with Crippen LogP contribution in [0.1, 0.15) is 54.6 Å². The molecule has 0 saturated heterocycles. The highest BCUT2D eigenvalue weighted by molar-refractivity contribution is 7.53. The predicted octanol–water partition coefficient (Wildman–Crippen LogP) is 4.28. The highest BCUT2D eigenvalue weighted by Gasteiger charge is 2.34. The number of hydrogen-bond donors (Lipinski definition) is 2. The number of non-ortho nitro benzene ring substituents is 1. The molecule has 206 valence electrons. The highest BCUT2D eigenvalue weighted by Crippen LogP contribution is 2.51. The zero-order valence-corrected chi connectivity index (χ0v) is 22.2. The minimum atomic E-state index is -3.36. The molecule has 1 amide bonds. The van der Waals surface area contributed by atoms with E-state index in [0.29, 0.717) is 11.1 Å². The molecule has 2 aromatic carbocycles. The van der Waals surface area contributed by atoms with E-state index in [-0.39, 0.29) is 43.7 Å². The van der Waals surface area contributed by atoms with Gasteiger partial charge in [-0.3, -0.25) is 24.3 Å². The lowest BCUT2D eigenvalue weighted by Crippen LogP contribution is -2.45. The van der Waals surface area contributed by atoms with Crippen molar-refractivity contribution in [2.24, 2.45) is 0 Å². The van der Waals surface area contributed by atoms with Crippen LogP contribution in [0, 0.1) is 10.1 Å². The number of rotatable bonds is 15. The summed E-state index contributed by atoms with van der Waals surface area (Å²) in [4.78, 5) is 47.8. The van der Waals surface area contributed by atoms with E-state index in [1.165, 1.54) is 36.4 Å². The highest BCUT2D eigenvalue weighted by atomic mass is 31.2. The monoisotopic (exact) mass is 550 g/mol. The van der Waals surface area contributed by atoms with Crippen LogP contribution in [-0.4, -0.2) is 53.7 Å². The molecule has 2 atom stereocenters. The number of hydrogen-bond acceptors (Lipinski definition) is 9. The van der Waals surface area contributed by atoms with Crippen molar-refractivity contribution < 1.29 is 42.8 Å². The number of carbonyl (C=O) groups excluding carboxylic acids is 2. The fraction of sp³-hybridized carbons (Fsp3) is 0.400. The number of benzene rings is 2. The standard InChI is InChI=1S/C25H31N2O10P/c1-4-35-22(28)15-21(18-11-13-20(14-12-18)27(32)33)23(25(30)31)26-24(29)19-9-7-17(8-10-19)16-38(34,36-5-2)37-6-3/h7-14,21,23H,4-6,15-16H2,1-3H3,(H,26,29)(H,30,31)/t21-,23-/m1/s1. The quantitative estimate of drug-likeness (QED) is 0.141. The molecule has 0 heterocycles. The number of ether oxygens (including phenoxy) is 1. The molecule has 0 saturated carbocycles. The van der Waals surface area contributed by atoms with Crippen LogP contribution >= 0.6 is 7.60 Å². The third kappa shape index (κ3) is 8.76. The first-order valence-corrected chi connectivity index (χ1v) is 13.7. The van der Waals surface area contributed by atoms with Crippen molar-refractivity contribution in [2.45, 2.75) is 45.3 Å². The fourth-order valence-corrected chi connectivity index (χ4v) is 5.44. The Morgan fingerprint density at radius 2 is 1.55 bits per heavy atom. The van der Waals surface area contributed by atoms with E-state index in [4.69, 9.17) is 13.8 Å². The number of amides is 1. The van der Waals surface area contributed by atoms with Gasteiger partial charge < -0.3 is 24.2 Å². The molecule has 2 rings (SSSR count). The van der Waals surface area contributed by atoms with E-state index in [2.05, 4.69) is 5.32 Å². The summed E-state index contributed by atoms with van der Waals surface area (Å²) in [6, 6.07) is 9.51. The maximum atomic E-state index is 13.0. The first kappa shape index (κ1) is 30.6. The number of nitrogens with zero attached hydrogens (tertiary/aromatic N) is 1. The van der Waals surface area contributed by atoms with Crippen molar-refractivity contribution in [1.29, 1.82) is 0 Å². The molecule has 0 radical (unpaired) electrons. The van der Waals surface area contributed by atoms with Gasteiger partial charge in [0.1, 0.15) is 6.04 Å². The van der Waals surface area contributed by atoms with E-state index in [9.17, 15) is 34.2 Å². The summed E-state index contributed by atoms with van der Waals surface area (Å²) in [7, 11) is -3.36. The molecule has 0 spiro atoms. The first-order valence-electron chi connectivity index (χ1n) is 11.9. The van der Waals surface area contributed by atoms with Crippen molar-refractivity contribution in [3.8, 4) is 0 Å². The summed E-state index contributed by atoms with van der Waals surface area (Å²) in [6.45, 7) is 5.47. The van der Waals surface area contributed by atoms with Crippen molar-refractivity contribution in [1.82, 2.24) is 5.32 Å². The second kappa shape index (κ2) is 14.4. The van der Waals surface area contributed by atoms with E-state index in [1.807, 2.05) is 0 Å². The van der Waals surface area contributed by atoms with Crippen molar-refractivity contribution in [2.75, 3.05) is 19.8 Å². The summed E-state index contributed by atoms with van der Waals surface area (Å²) in [5, 5.41) is 23.4. The average Bonchev–Trinajstić information content (AvgIpc) is 2.86. The molecule has 0 aliphatic carbocycles. The third-order valence-corrected chi connectivity index (χ3v) is 7.48. The fourth-order valence-electron chi connectivity index (χ4n) is 3.74. The third-order valence-electron chi connectivity index (χ3n) is 5.42. The lowest BCUT2D eigenvalue weighted by atomic mass is 9.88. The second-order valence-electron chi connectivity index (χ2n) is 8.06. The number of esters is 1. The Labute approximate surface area is 220 Å². The average molecular weight is 551 g/mol. The molecular weight excluding hydrogens is 519 g/mol. The number of carboxylic acids is 1. The molecular formula is C25H31N2O10P. The lowest BCUT2D eigenvalue weighted by Gasteiger charge is -2.25. The Hall–Kier alpha value is -3.60. The van der Waals surface area contributed by atoms with Gasteiger partial charge >= 0.3 is 19.5 Å². The summed E-state index contributed by atoms with van der Waals surface area (Å²) < 4.78 is 28.3. The Morgan fingerprint density at radius 1 is 0.974 bits per heavy atom. The van der Waals surface area contributed by atoms with Crippen molar-refractivity contribution >= 4 is 31.1 Å². The van der Waals surface area contributed by atoms with Gasteiger partial charge in [0.25, 0.3) is 11.6 Å². The van der Waals surface area contributed by atoms with Crippen LogP contribution in [0.3, 0.4) is 0 Å². The van der Waals surface area contributed by atoms with Gasteiger partial charge in [-0.2, -0.15) is 0 Å². The normalized spacial score (nSPS) is 12.8. The largest absolute Gasteiger partial charge is 0.480 e. The van der Waals surface area contributed by atoms with Crippen molar-refractivity contribution in [3.05, 3.63) is 75.3 Å². The Bertz CT molecular complexity index is 1160. The molecule has 0 aromatic heterocycles. The smallest absolute Gasteiger partial charge is 0.335 e. The molecule has 38 heavy (non-hydrogen) atoms. The van der Waals surface area contributed by atoms with Gasteiger partial charge in [0.2, 0.25) is 0 Å². The Morgan fingerprint density at radius 3 is 2.03 bits per heavy atom. The maximum absolute atomic E-state index is 13.0. The predicted molar refractivity (Wildman–Crippen MR) is 137 cm³/mol. The van der Waals surface area contributed by atoms with Gasteiger partial charge in [-0.1, -0.05) is 24.3 Å². The van der Waals surface area contributed by atoms with Gasteiger partial charge in [0.15, 0.2) is 0 Å². The van der Waals surface area contributed by atoms with Crippen LogP contribution in [-0.2, 0) is 34.1 Å². The number of aliphatic carboxylic acids is 1. The van der Waals surface area contributed by atoms with Gasteiger partial charge in [0.05, 0.1) is 37.3 Å². The van der Waals surface area contributed by atoms with Crippen LogP contribution in [0.15, 0.2) is 48.5 Å². The molecule has 2 N–H and O–H groups in total. The van der Waals surface area contributed by atoms with Crippen LogP contribution in [0.5, 0.6) is 0 Å². The maximum Gasteiger partial charge on any atom is 0.335 e. The topological polar surface area (TPSA) is 171 Å². The molecule has 13 heteroatoms. The molecule has 0 fully saturated rings. The number of nitro benzene ring substituents is 1. The molecule has 12 nitrogen and oxygen atoms in total.